The Hall–Kier alpha value is -0.0400. The summed E-state index contributed by atoms with van der Waals surface area (Å²) in [6.45, 7) is 7.49. The van der Waals surface area contributed by atoms with Gasteiger partial charge in [-0.1, -0.05) is 20.8 Å². The van der Waals surface area contributed by atoms with Crippen LogP contribution in [0, 0.1) is 3.57 Å². The zero-order valence-electron chi connectivity index (χ0n) is 9.96. The van der Waals surface area contributed by atoms with Crippen molar-refractivity contribution in [1.29, 1.82) is 0 Å². The summed E-state index contributed by atoms with van der Waals surface area (Å²) in [5.41, 5.74) is 0. The Bertz CT molecular complexity index is 331. The lowest BCUT2D eigenvalue weighted by atomic mass is 10.4. The van der Waals surface area contributed by atoms with Gasteiger partial charge in [-0.15, -0.1) is 0 Å². The minimum atomic E-state index is 0.620. The van der Waals surface area contributed by atoms with Gasteiger partial charge in [0.2, 0.25) is 0 Å². The first-order valence-corrected chi connectivity index (χ1v) is 7.63. The van der Waals surface area contributed by atoms with Gasteiger partial charge < -0.3 is 5.32 Å². The smallest absolute Gasteiger partial charge is 0.143 e. The fourth-order valence-corrected chi connectivity index (χ4v) is 2.15. The molecule has 0 fully saturated rings. The van der Waals surface area contributed by atoms with E-state index in [2.05, 4.69) is 58.6 Å². The van der Waals surface area contributed by atoms with Gasteiger partial charge >= 0.3 is 0 Å². The Morgan fingerprint density at radius 3 is 2.88 bits per heavy atom. The molecule has 0 unspecified atom stereocenters. The van der Waals surface area contributed by atoms with E-state index in [-0.39, 0.29) is 0 Å². The fraction of sp³-hybridized carbons (Fsp3) is 0.636. The Morgan fingerprint density at radius 1 is 1.50 bits per heavy atom. The van der Waals surface area contributed by atoms with Crippen molar-refractivity contribution >= 4 is 40.2 Å². The largest absolute Gasteiger partial charge is 0.369 e. The molecule has 0 spiro atoms. The molecule has 0 aliphatic heterocycles. The van der Waals surface area contributed by atoms with Crippen LogP contribution in [0.5, 0.6) is 0 Å². The molecule has 0 radical (unpaired) electrons. The number of halogens is 1. The molecule has 1 aromatic rings. The summed E-state index contributed by atoms with van der Waals surface area (Å²) in [5.74, 6) is 2.77. The standard InChI is InChI=1S/C11H18IN3S/c1-4-5-13-11-9(12)6-14-10(15-11)7-16-8(2)3/h6,8H,4-5,7H2,1-3H3,(H,13,14,15). The van der Waals surface area contributed by atoms with Crippen LogP contribution < -0.4 is 5.32 Å². The van der Waals surface area contributed by atoms with E-state index in [0.29, 0.717) is 5.25 Å². The van der Waals surface area contributed by atoms with Gasteiger partial charge in [-0.25, -0.2) is 9.97 Å². The molecule has 0 amide bonds. The highest BCUT2D eigenvalue weighted by Gasteiger charge is 2.05. The molecular weight excluding hydrogens is 333 g/mol. The van der Waals surface area contributed by atoms with Crippen molar-refractivity contribution in [3.05, 3.63) is 15.6 Å². The second kappa shape index (κ2) is 7.32. The lowest BCUT2D eigenvalue weighted by Crippen LogP contribution is -2.07. The van der Waals surface area contributed by atoms with E-state index >= 15 is 0 Å². The highest BCUT2D eigenvalue weighted by Crippen LogP contribution is 2.18. The maximum Gasteiger partial charge on any atom is 0.143 e. The van der Waals surface area contributed by atoms with Gasteiger partial charge in [0.25, 0.3) is 0 Å². The van der Waals surface area contributed by atoms with Crippen LogP contribution in [-0.4, -0.2) is 21.8 Å². The van der Waals surface area contributed by atoms with E-state index in [1.807, 2.05) is 18.0 Å². The van der Waals surface area contributed by atoms with Gasteiger partial charge in [-0.05, 0) is 34.3 Å². The summed E-state index contributed by atoms with van der Waals surface area (Å²) in [7, 11) is 0. The van der Waals surface area contributed by atoms with Crippen LogP contribution in [0.25, 0.3) is 0 Å². The molecular formula is C11H18IN3S. The van der Waals surface area contributed by atoms with Crippen molar-refractivity contribution < 1.29 is 0 Å². The second-order valence-corrected chi connectivity index (χ2v) is 6.50. The predicted molar refractivity (Wildman–Crippen MR) is 80.0 cm³/mol. The van der Waals surface area contributed by atoms with E-state index in [4.69, 9.17) is 0 Å². The molecule has 0 atom stereocenters. The third-order valence-corrected chi connectivity index (χ3v) is 3.76. The fourth-order valence-electron chi connectivity index (χ4n) is 1.08. The number of thioether (sulfide) groups is 1. The Morgan fingerprint density at radius 2 is 2.25 bits per heavy atom. The molecule has 16 heavy (non-hydrogen) atoms. The van der Waals surface area contributed by atoms with Gasteiger partial charge in [0, 0.05) is 12.7 Å². The van der Waals surface area contributed by atoms with Crippen LogP contribution in [-0.2, 0) is 5.75 Å². The molecule has 0 bridgehead atoms. The molecule has 0 aliphatic rings. The highest BCUT2D eigenvalue weighted by atomic mass is 127. The summed E-state index contributed by atoms with van der Waals surface area (Å²) in [4.78, 5) is 8.87. The monoisotopic (exact) mass is 351 g/mol. The van der Waals surface area contributed by atoms with Gasteiger partial charge in [-0.2, -0.15) is 11.8 Å². The number of rotatable bonds is 6. The number of hydrogen-bond donors (Lipinski definition) is 1. The zero-order valence-corrected chi connectivity index (χ0v) is 12.9. The average molecular weight is 351 g/mol. The maximum absolute atomic E-state index is 4.53. The number of hydrogen-bond acceptors (Lipinski definition) is 4. The van der Waals surface area contributed by atoms with E-state index in [1.54, 1.807) is 0 Å². The first kappa shape index (κ1) is 14.0. The summed E-state index contributed by atoms with van der Waals surface area (Å²) >= 11 is 4.13. The van der Waals surface area contributed by atoms with Crippen LogP contribution in [0.1, 0.15) is 33.0 Å². The quantitative estimate of drug-likeness (QED) is 0.796. The highest BCUT2D eigenvalue weighted by molar-refractivity contribution is 14.1. The molecule has 0 saturated heterocycles. The van der Waals surface area contributed by atoms with E-state index in [9.17, 15) is 0 Å². The van der Waals surface area contributed by atoms with Crippen LogP contribution in [0.4, 0.5) is 5.82 Å². The second-order valence-electron chi connectivity index (χ2n) is 3.77. The van der Waals surface area contributed by atoms with E-state index in [1.165, 1.54) is 0 Å². The minimum Gasteiger partial charge on any atom is -0.369 e. The SMILES string of the molecule is CCCNc1nc(CSC(C)C)ncc1I. The van der Waals surface area contributed by atoms with E-state index < -0.39 is 0 Å². The van der Waals surface area contributed by atoms with Crippen molar-refractivity contribution in [3.8, 4) is 0 Å². The summed E-state index contributed by atoms with van der Waals surface area (Å²) in [6, 6.07) is 0. The van der Waals surface area contributed by atoms with Gasteiger partial charge in [0.05, 0.1) is 9.32 Å². The topological polar surface area (TPSA) is 37.8 Å². The minimum absolute atomic E-state index is 0.620. The van der Waals surface area contributed by atoms with Gasteiger partial charge in [0.15, 0.2) is 0 Å². The van der Waals surface area contributed by atoms with Gasteiger partial charge in [-0.3, -0.25) is 0 Å². The summed E-state index contributed by atoms with van der Waals surface area (Å²) < 4.78 is 1.09. The lowest BCUT2D eigenvalue weighted by Gasteiger charge is -2.08. The van der Waals surface area contributed by atoms with Crippen molar-refractivity contribution in [2.24, 2.45) is 0 Å². The average Bonchev–Trinajstić information content (AvgIpc) is 2.26. The Kier molecular flexibility index (Phi) is 6.41. The van der Waals surface area contributed by atoms with Crippen LogP contribution in [0.15, 0.2) is 6.20 Å². The predicted octanol–water partition coefficient (Wildman–Crippen LogP) is 3.54. The number of nitrogens with zero attached hydrogens (tertiary/aromatic N) is 2. The van der Waals surface area contributed by atoms with Crippen molar-refractivity contribution in [2.75, 3.05) is 11.9 Å². The van der Waals surface area contributed by atoms with Crippen LogP contribution in [0.2, 0.25) is 0 Å². The Labute approximate surface area is 115 Å². The third kappa shape index (κ3) is 4.86. The Balaban J connectivity index is 2.65. The molecule has 1 heterocycles. The van der Waals surface area contributed by atoms with Crippen LogP contribution >= 0.6 is 34.4 Å². The summed E-state index contributed by atoms with van der Waals surface area (Å²) in [6.07, 6.45) is 3.00. The first-order valence-electron chi connectivity index (χ1n) is 5.50. The number of nitrogens with one attached hydrogen (secondary N) is 1. The molecule has 1 rings (SSSR count). The molecule has 0 aliphatic carbocycles. The summed E-state index contributed by atoms with van der Waals surface area (Å²) in [5, 5.41) is 3.94. The van der Waals surface area contributed by atoms with Crippen molar-refractivity contribution in [3.63, 3.8) is 0 Å². The maximum atomic E-state index is 4.53. The molecule has 0 saturated carbocycles. The molecule has 1 aromatic heterocycles. The normalized spacial score (nSPS) is 10.8. The third-order valence-electron chi connectivity index (χ3n) is 1.88. The number of anilines is 1. The molecule has 5 heteroatoms. The molecule has 3 nitrogen and oxygen atoms in total. The van der Waals surface area contributed by atoms with Gasteiger partial charge in [0.1, 0.15) is 11.6 Å². The van der Waals surface area contributed by atoms with Crippen LogP contribution in [0.3, 0.4) is 0 Å². The van der Waals surface area contributed by atoms with E-state index in [0.717, 1.165) is 33.9 Å². The number of aromatic nitrogens is 2. The molecule has 1 N–H and O–H groups in total. The lowest BCUT2D eigenvalue weighted by molar-refractivity contribution is 0.945. The van der Waals surface area contributed by atoms with Crippen molar-refractivity contribution in [2.45, 2.75) is 38.2 Å². The molecule has 90 valence electrons. The first-order chi connectivity index (χ1) is 7.63. The zero-order chi connectivity index (χ0) is 12.0. The molecule has 0 aromatic carbocycles. The van der Waals surface area contributed by atoms with Crippen molar-refractivity contribution in [1.82, 2.24) is 9.97 Å².